The third-order valence-corrected chi connectivity index (χ3v) is 4.98. The Hall–Kier alpha value is -2.14. The zero-order chi connectivity index (χ0) is 15.7. The topological polar surface area (TPSA) is 44.7 Å². The number of aldehydes is 1. The second-order valence-corrected chi connectivity index (χ2v) is 6.69. The second-order valence-electron chi connectivity index (χ2n) is 5.60. The van der Waals surface area contributed by atoms with Crippen LogP contribution in [0.5, 0.6) is 0 Å². The van der Waals surface area contributed by atoms with Gasteiger partial charge in [-0.15, -0.1) is 11.3 Å². The molecular weight excluding hydrogens is 294 g/mol. The zero-order valence-electron chi connectivity index (χ0n) is 12.8. The maximum Gasteiger partial charge on any atom is 0.160 e. The van der Waals surface area contributed by atoms with Gasteiger partial charge in [-0.1, -0.05) is 18.7 Å². The van der Waals surface area contributed by atoms with E-state index in [2.05, 4.69) is 33.9 Å². The van der Waals surface area contributed by atoms with Crippen LogP contribution in [0, 0.1) is 0 Å². The number of hydrogen-bond acceptors (Lipinski definition) is 5. The van der Waals surface area contributed by atoms with Gasteiger partial charge in [0.05, 0.1) is 21.8 Å². The smallest absolute Gasteiger partial charge is 0.160 e. The summed E-state index contributed by atoms with van der Waals surface area (Å²) >= 11 is 1.51. The molecule has 22 heavy (non-hydrogen) atoms. The van der Waals surface area contributed by atoms with Gasteiger partial charge >= 0.3 is 0 Å². The number of anilines is 1. The van der Waals surface area contributed by atoms with Crippen molar-refractivity contribution in [3.8, 4) is 0 Å². The van der Waals surface area contributed by atoms with Gasteiger partial charge in [-0.2, -0.15) is 0 Å². The number of amidine groups is 1. The number of nitrogens with zero attached hydrogens (tertiary/aromatic N) is 2. The van der Waals surface area contributed by atoms with E-state index >= 15 is 0 Å². The number of carbonyl (C=O) groups is 1. The van der Waals surface area contributed by atoms with Crippen LogP contribution in [-0.4, -0.2) is 31.8 Å². The number of thiophene rings is 1. The summed E-state index contributed by atoms with van der Waals surface area (Å²) in [4.78, 5) is 18.3. The molecule has 114 valence electrons. The van der Waals surface area contributed by atoms with Crippen LogP contribution in [0.1, 0.15) is 23.0 Å². The van der Waals surface area contributed by atoms with Gasteiger partial charge in [0.1, 0.15) is 0 Å². The molecule has 0 saturated heterocycles. The van der Waals surface area contributed by atoms with Crippen LogP contribution in [0.2, 0.25) is 0 Å². The van der Waals surface area contributed by atoms with Crippen molar-refractivity contribution in [2.24, 2.45) is 4.99 Å². The average molecular weight is 313 g/mol. The van der Waals surface area contributed by atoms with Crippen LogP contribution in [0.15, 0.2) is 52.7 Å². The number of nitrogens with one attached hydrogen (secondary N) is 1. The number of fused-ring (bicyclic) bond motifs is 1. The van der Waals surface area contributed by atoms with E-state index in [1.807, 2.05) is 26.1 Å². The second kappa shape index (κ2) is 5.93. The van der Waals surface area contributed by atoms with Crippen molar-refractivity contribution < 1.29 is 4.79 Å². The molecule has 1 aromatic rings. The summed E-state index contributed by atoms with van der Waals surface area (Å²) in [6.07, 6.45) is 6.24. The summed E-state index contributed by atoms with van der Waals surface area (Å²) in [6.45, 7) is 6.88. The first-order valence-corrected chi connectivity index (χ1v) is 8.06. The number of hydrogen-bond donors (Lipinski definition) is 1. The molecule has 1 aliphatic carbocycles. The minimum Gasteiger partial charge on any atom is -0.362 e. The maximum absolute atomic E-state index is 10.8. The predicted molar refractivity (Wildman–Crippen MR) is 92.9 cm³/mol. The van der Waals surface area contributed by atoms with Crippen LogP contribution >= 0.6 is 11.3 Å². The van der Waals surface area contributed by atoms with Crippen molar-refractivity contribution in [1.82, 2.24) is 5.32 Å². The summed E-state index contributed by atoms with van der Waals surface area (Å²) in [5.41, 5.74) is 3.38. The molecule has 0 fully saturated rings. The van der Waals surface area contributed by atoms with Crippen LogP contribution in [0.4, 0.5) is 5.00 Å². The molecule has 5 heteroatoms. The SMILES string of the molecule is C=C1NC(C)=NC2CC=C(CN(C)c3ccc(C=O)s3)C=C12. The predicted octanol–water partition coefficient (Wildman–Crippen LogP) is 3.16. The average Bonchev–Trinajstić information content (AvgIpc) is 2.97. The van der Waals surface area contributed by atoms with Crippen LogP contribution in [-0.2, 0) is 0 Å². The molecule has 0 amide bonds. The Morgan fingerprint density at radius 3 is 3.09 bits per heavy atom. The van der Waals surface area contributed by atoms with Crippen molar-refractivity contribution in [3.05, 3.63) is 52.6 Å². The quantitative estimate of drug-likeness (QED) is 0.869. The van der Waals surface area contributed by atoms with Gasteiger partial charge in [0.2, 0.25) is 0 Å². The molecule has 0 bridgehead atoms. The molecular formula is C17H19N3OS. The van der Waals surface area contributed by atoms with Crippen LogP contribution in [0.3, 0.4) is 0 Å². The Bertz CT molecular complexity index is 711. The highest BCUT2D eigenvalue weighted by Gasteiger charge is 2.24. The molecule has 2 heterocycles. The third-order valence-electron chi connectivity index (χ3n) is 3.86. The molecule has 1 N–H and O–H groups in total. The van der Waals surface area contributed by atoms with E-state index in [9.17, 15) is 4.79 Å². The van der Waals surface area contributed by atoms with Gasteiger partial charge in [0, 0.05) is 24.9 Å². The Kier molecular flexibility index (Phi) is 3.98. The van der Waals surface area contributed by atoms with Gasteiger partial charge in [-0.3, -0.25) is 9.79 Å². The first-order valence-electron chi connectivity index (χ1n) is 7.24. The van der Waals surface area contributed by atoms with Crippen molar-refractivity contribution in [2.75, 3.05) is 18.5 Å². The Morgan fingerprint density at radius 2 is 2.36 bits per heavy atom. The highest BCUT2D eigenvalue weighted by molar-refractivity contribution is 7.17. The van der Waals surface area contributed by atoms with Crippen molar-refractivity contribution in [3.63, 3.8) is 0 Å². The van der Waals surface area contributed by atoms with E-state index < -0.39 is 0 Å². The van der Waals surface area contributed by atoms with Gasteiger partial charge in [-0.05, 0) is 31.1 Å². The lowest BCUT2D eigenvalue weighted by atomic mass is 9.91. The number of likely N-dealkylation sites (N-methyl/N-ethyl adjacent to an activating group) is 1. The number of aliphatic imine (C=N–C) groups is 1. The molecule has 0 radical (unpaired) electrons. The van der Waals surface area contributed by atoms with E-state index in [1.54, 1.807) is 0 Å². The molecule has 4 nitrogen and oxygen atoms in total. The maximum atomic E-state index is 10.8. The van der Waals surface area contributed by atoms with E-state index in [1.165, 1.54) is 22.5 Å². The Morgan fingerprint density at radius 1 is 1.55 bits per heavy atom. The van der Waals surface area contributed by atoms with Crippen LogP contribution in [0.25, 0.3) is 0 Å². The number of rotatable bonds is 4. The molecule has 0 aromatic carbocycles. The molecule has 0 saturated carbocycles. The lowest BCUT2D eigenvalue weighted by Gasteiger charge is -2.29. The van der Waals surface area contributed by atoms with Gasteiger partial charge in [-0.25, -0.2) is 0 Å². The molecule has 0 spiro atoms. The normalized spacial score (nSPS) is 20.4. The fourth-order valence-electron chi connectivity index (χ4n) is 2.78. The van der Waals surface area contributed by atoms with Crippen molar-refractivity contribution in [1.29, 1.82) is 0 Å². The molecule has 1 atom stereocenters. The lowest BCUT2D eigenvalue weighted by Crippen LogP contribution is -2.33. The molecule has 2 aliphatic rings. The summed E-state index contributed by atoms with van der Waals surface area (Å²) in [7, 11) is 2.04. The van der Waals surface area contributed by atoms with E-state index in [4.69, 9.17) is 0 Å². The van der Waals surface area contributed by atoms with E-state index in [-0.39, 0.29) is 6.04 Å². The summed E-state index contributed by atoms with van der Waals surface area (Å²) in [5, 5.41) is 4.30. The minimum atomic E-state index is 0.200. The summed E-state index contributed by atoms with van der Waals surface area (Å²) < 4.78 is 0. The van der Waals surface area contributed by atoms with Gasteiger partial charge in [0.25, 0.3) is 0 Å². The highest BCUT2D eigenvalue weighted by Crippen LogP contribution is 2.29. The summed E-state index contributed by atoms with van der Waals surface area (Å²) in [5.74, 6) is 0.932. The van der Waals surface area contributed by atoms with E-state index in [0.29, 0.717) is 0 Å². The molecule has 1 unspecified atom stereocenters. The highest BCUT2D eigenvalue weighted by atomic mass is 32.1. The largest absolute Gasteiger partial charge is 0.362 e. The van der Waals surface area contributed by atoms with Gasteiger partial charge < -0.3 is 10.2 Å². The Balaban J connectivity index is 1.74. The van der Waals surface area contributed by atoms with Crippen LogP contribution < -0.4 is 10.2 Å². The zero-order valence-corrected chi connectivity index (χ0v) is 13.6. The standard InChI is InChI=1S/C17H19N3OS/c1-11-15-8-13(4-6-16(15)19-12(2)18-11)9-20(3)17-7-5-14(10-21)22-17/h4-5,7-8,10,16H,1,6,9H2,2-3H3,(H,18,19). The van der Waals surface area contributed by atoms with Gasteiger partial charge in [0.15, 0.2) is 6.29 Å². The number of carbonyl (C=O) groups excluding carboxylic acids is 1. The van der Waals surface area contributed by atoms with Crippen molar-refractivity contribution >= 4 is 28.5 Å². The molecule has 1 aliphatic heterocycles. The van der Waals surface area contributed by atoms with Crippen molar-refractivity contribution in [2.45, 2.75) is 19.4 Å². The lowest BCUT2D eigenvalue weighted by molar-refractivity contribution is 0.112. The monoisotopic (exact) mass is 313 g/mol. The third kappa shape index (κ3) is 2.90. The first-order chi connectivity index (χ1) is 10.6. The Labute approximate surface area is 134 Å². The summed E-state index contributed by atoms with van der Waals surface area (Å²) in [6, 6.07) is 4.05. The fraction of sp³-hybridized carbons (Fsp3) is 0.294. The first kappa shape index (κ1) is 14.8. The fourth-order valence-corrected chi connectivity index (χ4v) is 3.57. The molecule has 1 aromatic heterocycles. The van der Waals surface area contributed by atoms with E-state index in [0.717, 1.165) is 40.7 Å². The minimum absolute atomic E-state index is 0.200. The molecule has 3 rings (SSSR count).